The number of pyridine rings is 1. The second-order valence-electron chi connectivity index (χ2n) is 7.90. The van der Waals surface area contributed by atoms with Gasteiger partial charge in [0.2, 0.25) is 5.88 Å². The molecule has 0 atom stereocenters. The second-order valence-corrected chi connectivity index (χ2v) is 9.33. The van der Waals surface area contributed by atoms with Gasteiger partial charge in [-0.1, -0.05) is 48.0 Å². The van der Waals surface area contributed by atoms with Crippen molar-refractivity contribution in [1.29, 1.82) is 0 Å². The average molecular weight is 534 g/mol. The normalized spacial score (nSPS) is 11.3. The van der Waals surface area contributed by atoms with Gasteiger partial charge in [-0.05, 0) is 24.3 Å². The van der Waals surface area contributed by atoms with Gasteiger partial charge in [0, 0.05) is 26.9 Å². The number of hydrogen-bond donors (Lipinski definition) is 2. The lowest BCUT2D eigenvalue weighted by Crippen LogP contribution is -2.21. The minimum atomic E-state index is -0.487. The largest absolute Gasteiger partial charge is 0.494 e. The van der Waals surface area contributed by atoms with Gasteiger partial charge in [-0.3, -0.25) is 9.59 Å². The van der Waals surface area contributed by atoms with Gasteiger partial charge in [0.05, 0.1) is 36.7 Å². The molecular formula is C27H20ClN3O5S. The molecule has 186 valence electrons. The number of thiophene rings is 1. The van der Waals surface area contributed by atoms with Crippen molar-refractivity contribution in [3.63, 3.8) is 0 Å². The van der Waals surface area contributed by atoms with Crippen LogP contribution in [-0.2, 0) is 0 Å². The van der Waals surface area contributed by atoms with Crippen molar-refractivity contribution >= 4 is 55.9 Å². The predicted molar refractivity (Wildman–Crippen MR) is 146 cm³/mol. The van der Waals surface area contributed by atoms with E-state index in [1.165, 1.54) is 31.8 Å². The summed E-state index contributed by atoms with van der Waals surface area (Å²) in [5.74, 6) is 0.0272. The fourth-order valence-corrected chi connectivity index (χ4v) is 5.47. The van der Waals surface area contributed by atoms with Crippen LogP contribution in [-0.4, -0.2) is 36.0 Å². The van der Waals surface area contributed by atoms with Crippen molar-refractivity contribution < 1.29 is 19.4 Å². The van der Waals surface area contributed by atoms with Crippen LogP contribution in [0.5, 0.6) is 17.4 Å². The molecule has 1 amide bonds. The first-order valence-corrected chi connectivity index (χ1v) is 12.2. The summed E-state index contributed by atoms with van der Waals surface area (Å²) >= 11 is 7.66. The first kappa shape index (κ1) is 24.4. The predicted octanol–water partition coefficient (Wildman–Crippen LogP) is 5.35. The molecule has 0 radical (unpaired) electrons. The van der Waals surface area contributed by atoms with Crippen LogP contribution < -0.4 is 20.5 Å². The van der Waals surface area contributed by atoms with Gasteiger partial charge in [0.1, 0.15) is 4.88 Å². The summed E-state index contributed by atoms with van der Waals surface area (Å²) in [5.41, 5.74) is 2.64. The highest BCUT2D eigenvalue weighted by Gasteiger charge is 2.19. The first-order chi connectivity index (χ1) is 17.9. The molecule has 2 N–H and O–H groups in total. The summed E-state index contributed by atoms with van der Waals surface area (Å²) in [7, 11) is 2.99. The van der Waals surface area contributed by atoms with Crippen LogP contribution in [0, 0.1) is 0 Å². The lowest BCUT2D eigenvalue weighted by molar-refractivity contribution is 0.0959. The fourth-order valence-electron chi connectivity index (χ4n) is 4.06. The number of nitrogens with zero attached hydrogens (tertiary/aromatic N) is 2. The maximum atomic E-state index is 13.3. The smallest absolute Gasteiger partial charge is 0.283 e. The van der Waals surface area contributed by atoms with Crippen LogP contribution in [0.15, 0.2) is 76.6 Å². The van der Waals surface area contributed by atoms with Crippen molar-refractivity contribution in [1.82, 2.24) is 9.99 Å². The Bertz CT molecular complexity index is 1760. The molecule has 0 aliphatic carbocycles. The zero-order valence-corrected chi connectivity index (χ0v) is 21.3. The third kappa shape index (κ3) is 4.28. The Morgan fingerprint density at radius 1 is 1.00 bits per heavy atom. The lowest BCUT2D eigenvalue weighted by Gasteiger charge is -2.15. The number of carbonyl (C=O) groups is 1. The maximum absolute atomic E-state index is 13.3. The number of methoxy groups -OCH3 is 2. The van der Waals surface area contributed by atoms with Gasteiger partial charge in [0.25, 0.3) is 11.5 Å². The van der Waals surface area contributed by atoms with E-state index in [9.17, 15) is 14.7 Å². The van der Waals surface area contributed by atoms with Gasteiger partial charge in [0.15, 0.2) is 11.5 Å². The molecule has 0 fully saturated rings. The minimum Gasteiger partial charge on any atom is -0.494 e. The van der Waals surface area contributed by atoms with E-state index in [0.29, 0.717) is 37.9 Å². The van der Waals surface area contributed by atoms with Crippen molar-refractivity contribution in [2.45, 2.75) is 0 Å². The monoisotopic (exact) mass is 533 g/mol. The number of aromatic hydroxyl groups is 1. The highest BCUT2D eigenvalue weighted by atomic mass is 35.5. The van der Waals surface area contributed by atoms with Gasteiger partial charge in [-0.15, -0.1) is 11.3 Å². The highest BCUT2D eigenvalue weighted by Crippen LogP contribution is 2.35. The van der Waals surface area contributed by atoms with E-state index in [4.69, 9.17) is 21.1 Å². The number of benzene rings is 3. The molecule has 0 bridgehead atoms. The number of hydrazone groups is 1. The van der Waals surface area contributed by atoms with Crippen LogP contribution in [0.4, 0.5) is 0 Å². The van der Waals surface area contributed by atoms with E-state index in [-0.39, 0.29) is 11.4 Å². The Kier molecular flexibility index (Phi) is 6.56. The third-order valence-electron chi connectivity index (χ3n) is 5.83. The molecule has 0 unspecified atom stereocenters. The molecule has 8 nitrogen and oxygen atoms in total. The van der Waals surface area contributed by atoms with E-state index in [2.05, 4.69) is 10.5 Å². The number of fused-ring (bicyclic) bond motifs is 2. The van der Waals surface area contributed by atoms with E-state index >= 15 is 0 Å². The Hall–Kier alpha value is -4.34. The van der Waals surface area contributed by atoms with Crippen LogP contribution in [0.2, 0.25) is 5.02 Å². The molecule has 3 aromatic carbocycles. The lowest BCUT2D eigenvalue weighted by atomic mass is 10.1. The van der Waals surface area contributed by atoms with E-state index < -0.39 is 11.5 Å². The summed E-state index contributed by atoms with van der Waals surface area (Å²) < 4.78 is 12.7. The van der Waals surface area contributed by atoms with E-state index in [0.717, 1.165) is 14.7 Å². The molecule has 0 aliphatic heterocycles. The fraction of sp³-hybridized carbons (Fsp3) is 0.0741. The molecule has 0 saturated heterocycles. The molecule has 2 aromatic heterocycles. The van der Waals surface area contributed by atoms with Crippen LogP contribution in [0.3, 0.4) is 0 Å². The maximum Gasteiger partial charge on any atom is 0.283 e. The van der Waals surface area contributed by atoms with Crippen molar-refractivity contribution in [3.05, 3.63) is 92.5 Å². The molecule has 5 aromatic rings. The standard InChI is InChI=1S/C27H20ClN3O5S/c1-35-20-12-11-15(13-21(20)36-2)31-26(33)17-8-4-3-7-16(17)19(27(31)34)14-29-30-25(32)24-23(28)18-9-5-6-10-22(18)37-24/h3-14,34H,1-2H3,(H,30,32). The number of ether oxygens (including phenoxy) is 2. The Morgan fingerprint density at radius 2 is 1.68 bits per heavy atom. The first-order valence-electron chi connectivity index (χ1n) is 11.0. The summed E-state index contributed by atoms with van der Waals surface area (Å²) in [6.45, 7) is 0. The van der Waals surface area contributed by atoms with Crippen molar-refractivity contribution in [2.75, 3.05) is 14.2 Å². The molecule has 5 rings (SSSR count). The molecule has 0 aliphatic rings. The van der Waals surface area contributed by atoms with Crippen LogP contribution in [0.25, 0.3) is 26.5 Å². The van der Waals surface area contributed by atoms with Crippen molar-refractivity contribution in [2.24, 2.45) is 5.10 Å². The molecule has 37 heavy (non-hydrogen) atoms. The summed E-state index contributed by atoms with van der Waals surface area (Å²) in [5, 5.41) is 17.2. The Morgan fingerprint density at radius 3 is 2.38 bits per heavy atom. The zero-order chi connectivity index (χ0) is 26.1. The van der Waals surface area contributed by atoms with Crippen molar-refractivity contribution in [3.8, 4) is 23.1 Å². The number of halogens is 1. The summed E-state index contributed by atoms with van der Waals surface area (Å²) in [6.07, 6.45) is 1.30. The Labute approximate surface area is 220 Å². The number of amides is 1. The average Bonchev–Trinajstić information content (AvgIpc) is 3.27. The van der Waals surface area contributed by atoms with Gasteiger partial charge < -0.3 is 14.6 Å². The van der Waals surface area contributed by atoms with Gasteiger partial charge in [-0.25, -0.2) is 9.99 Å². The third-order valence-corrected chi connectivity index (χ3v) is 7.50. The van der Waals surface area contributed by atoms with E-state index in [1.807, 2.05) is 24.3 Å². The Balaban J connectivity index is 1.57. The minimum absolute atomic E-state index is 0.243. The SMILES string of the molecule is COc1ccc(-n2c(O)c(C=NNC(=O)c3sc4ccccc4c3Cl)c3ccccc3c2=O)cc1OC. The number of nitrogens with one attached hydrogen (secondary N) is 1. The topological polar surface area (TPSA) is 102 Å². The van der Waals surface area contributed by atoms with Gasteiger partial charge in [-0.2, -0.15) is 5.10 Å². The van der Waals surface area contributed by atoms with Gasteiger partial charge >= 0.3 is 0 Å². The highest BCUT2D eigenvalue weighted by molar-refractivity contribution is 7.21. The van der Waals surface area contributed by atoms with Crippen LogP contribution >= 0.6 is 22.9 Å². The zero-order valence-electron chi connectivity index (χ0n) is 19.7. The summed E-state index contributed by atoms with van der Waals surface area (Å²) in [6, 6.07) is 19.1. The molecule has 0 spiro atoms. The molecular weight excluding hydrogens is 514 g/mol. The number of rotatable bonds is 6. The molecule has 2 heterocycles. The number of aromatic nitrogens is 1. The number of carbonyl (C=O) groups excluding carboxylic acids is 1. The molecule has 0 saturated carbocycles. The second kappa shape index (κ2) is 9.96. The van der Waals surface area contributed by atoms with Crippen LogP contribution in [0.1, 0.15) is 15.2 Å². The quantitative estimate of drug-likeness (QED) is 0.226. The number of hydrogen-bond acceptors (Lipinski definition) is 7. The summed E-state index contributed by atoms with van der Waals surface area (Å²) in [4.78, 5) is 26.5. The molecule has 10 heteroatoms. The van der Waals surface area contributed by atoms with E-state index in [1.54, 1.807) is 42.5 Å².